The minimum absolute atomic E-state index is 0.212. The van der Waals surface area contributed by atoms with Crippen molar-refractivity contribution in [2.24, 2.45) is 5.73 Å². The molecule has 1 aliphatic heterocycles. The zero-order valence-corrected chi connectivity index (χ0v) is 14.9. The standard InChI is InChI=1S/C19H22N4O4/c20-12-14-3-1-4-15(11-14)13-21-17(24)19(26)23-8-6-22(7-9-23)18(25)16-5-2-10-27-16/h1-5,10-11H,6-9,12-13,20H2,(H,21,24). The average Bonchev–Trinajstić information content (AvgIpc) is 3.26. The van der Waals surface area contributed by atoms with Crippen LogP contribution in [-0.2, 0) is 22.7 Å². The lowest BCUT2D eigenvalue weighted by molar-refractivity contribution is -0.146. The van der Waals surface area contributed by atoms with Crippen LogP contribution in [0.1, 0.15) is 21.7 Å². The summed E-state index contributed by atoms with van der Waals surface area (Å²) in [6, 6.07) is 10.8. The Hall–Kier alpha value is -3.13. The first-order valence-corrected chi connectivity index (χ1v) is 8.76. The predicted molar refractivity (Wildman–Crippen MR) is 97.4 cm³/mol. The molecule has 1 saturated heterocycles. The molecule has 3 amide bonds. The predicted octanol–water partition coefficient (Wildman–Crippen LogP) is 0.339. The maximum absolute atomic E-state index is 12.3. The molecule has 8 nitrogen and oxygen atoms in total. The summed E-state index contributed by atoms with van der Waals surface area (Å²) in [5, 5.41) is 2.64. The monoisotopic (exact) mass is 370 g/mol. The minimum Gasteiger partial charge on any atom is -0.459 e. The van der Waals surface area contributed by atoms with Gasteiger partial charge >= 0.3 is 11.8 Å². The molecule has 142 valence electrons. The van der Waals surface area contributed by atoms with Gasteiger partial charge in [-0.1, -0.05) is 24.3 Å². The number of benzene rings is 1. The topological polar surface area (TPSA) is 109 Å². The molecule has 0 aliphatic carbocycles. The lowest BCUT2D eigenvalue weighted by Crippen LogP contribution is -2.53. The Morgan fingerprint density at radius 3 is 2.37 bits per heavy atom. The van der Waals surface area contributed by atoms with E-state index in [9.17, 15) is 14.4 Å². The highest BCUT2D eigenvalue weighted by atomic mass is 16.3. The van der Waals surface area contributed by atoms with Crippen molar-refractivity contribution in [3.05, 3.63) is 59.5 Å². The van der Waals surface area contributed by atoms with Crippen molar-refractivity contribution in [1.82, 2.24) is 15.1 Å². The molecule has 0 unspecified atom stereocenters. The van der Waals surface area contributed by atoms with E-state index < -0.39 is 11.8 Å². The lowest BCUT2D eigenvalue weighted by Gasteiger charge is -2.33. The summed E-state index contributed by atoms with van der Waals surface area (Å²) in [6.45, 7) is 2.01. The third-order valence-electron chi connectivity index (χ3n) is 4.46. The molecule has 0 saturated carbocycles. The van der Waals surface area contributed by atoms with Crippen molar-refractivity contribution in [2.45, 2.75) is 13.1 Å². The SMILES string of the molecule is NCc1cccc(CNC(=O)C(=O)N2CCN(C(=O)c3ccco3)CC2)c1. The van der Waals surface area contributed by atoms with Gasteiger partial charge in [0.2, 0.25) is 0 Å². The van der Waals surface area contributed by atoms with Gasteiger partial charge < -0.3 is 25.3 Å². The van der Waals surface area contributed by atoms with E-state index in [4.69, 9.17) is 10.2 Å². The first-order valence-electron chi connectivity index (χ1n) is 8.76. The third kappa shape index (κ3) is 4.53. The molecule has 3 N–H and O–H groups in total. The van der Waals surface area contributed by atoms with Crippen LogP contribution in [0, 0.1) is 0 Å². The Morgan fingerprint density at radius 2 is 1.70 bits per heavy atom. The molecule has 0 radical (unpaired) electrons. The molecule has 1 aromatic carbocycles. The number of hydrogen-bond donors (Lipinski definition) is 2. The van der Waals surface area contributed by atoms with Crippen molar-refractivity contribution >= 4 is 17.7 Å². The number of nitrogens with zero attached hydrogens (tertiary/aromatic N) is 2. The molecular weight excluding hydrogens is 348 g/mol. The average molecular weight is 370 g/mol. The van der Waals surface area contributed by atoms with E-state index in [1.165, 1.54) is 11.2 Å². The van der Waals surface area contributed by atoms with E-state index in [1.807, 2.05) is 24.3 Å². The van der Waals surface area contributed by atoms with E-state index >= 15 is 0 Å². The number of carbonyl (C=O) groups excluding carboxylic acids is 3. The summed E-state index contributed by atoms with van der Waals surface area (Å²) >= 11 is 0. The summed E-state index contributed by atoms with van der Waals surface area (Å²) in [7, 11) is 0. The molecule has 1 aliphatic rings. The first kappa shape index (κ1) is 18.7. The number of hydrogen-bond acceptors (Lipinski definition) is 5. The highest BCUT2D eigenvalue weighted by Gasteiger charge is 2.28. The second-order valence-corrected chi connectivity index (χ2v) is 6.27. The number of piperazine rings is 1. The Morgan fingerprint density at radius 1 is 1.00 bits per heavy atom. The van der Waals surface area contributed by atoms with Gasteiger partial charge in [0.25, 0.3) is 5.91 Å². The fraction of sp³-hybridized carbons (Fsp3) is 0.316. The number of nitrogens with one attached hydrogen (secondary N) is 1. The van der Waals surface area contributed by atoms with Crippen molar-refractivity contribution in [1.29, 1.82) is 0 Å². The maximum atomic E-state index is 12.3. The second kappa shape index (κ2) is 8.50. The van der Waals surface area contributed by atoms with Gasteiger partial charge in [-0.3, -0.25) is 14.4 Å². The van der Waals surface area contributed by atoms with Gasteiger partial charge in [0.15, 0.2) is 5.76 Å². The van der Waals surface area contributed by atoms with Crippen LogP contribution in [0.25, 0.3) is 0 Å². The highest BCUT2D eigenvalue weighted by Crippen LogP contribution is 2.10. The Bertz CT molecular complexity index is 811. The highest BCUT2D eigenvalue weighted by molar-refractivity contribution is 6.35. The summed E-state index contributed by atoms with van der Waals surface area (Å²) in [5.41, 5.74) is 7.45. The smallest absolute Gasteiger partial charge is 0.312 e. The van der Waals surface area contributed by atoms with Gasteiger partial charge in [0.05, 0.1) is 6.26 Å². The largest absolute Gasteiger partial charge is 0.459 e. The van der Waals surface area contributed by atoms with E-state index in [0.717, 1.165) is 11.1 Å². The minimum atomic E-state index is -0.654. The van der Waals surface area contributed by atoms with Gasteiger partial charge in [0, 0.05) is 39.3 Å². The van der Waals surface area contributed by atoms with Crippen LogP contribution < -0.4 is 11.1 Å². The van der Waals surface area contributed by atoms with Gasteiger partial charge in [0.1, 0.15) is 0 Å². The zero-order chi connectivity index (χ0) is 19.2. The first-order chi connectivity index (χ1) is 13.1. The Labute approximate surface area is 156 Å². The summed E-state index contributed by atoms with van der Waals surface area (Å²) < 4.78 is 5.11. The fourth-order valence-electron chi connectivity index (χ4n) is 2.94. The number of rotatable bonds is 4. The fourth-order valence-corrected chi connectivity index (χ4v) is 2.94. The molecule has 2 aromatic rings. The van der Waals surface area contributed by atoms with E-state index in [2.05, 4.69) is 5.32 Å². The summed E-state index contributed by atoms with van der Waals surface area (Å²) in [4.78, 5) is 39.8. The molecule has 0 atom stereocenters. The molecule has 1 fully saturated rings. The van der Waals surface area contributed by atoms with Gasteiger partial charge in [-0.05, 0) is 23.3 Å². The van der Waals surface area contributed by atoms with E-state index in [-0.39, 0.29) is 18.2 Å². The van der Waals surface area contributed by atoms with Crippen LogP contribution in [0.5, 0.6) is 0 Å². The number of furan rings is 1. The van der Waals surface area contributed by atoms with Gasteiger partial charge in [-0.25, -0.2) is 0 Å². The second-order valence-electron chi connectivity index (χ2n) is 6.27. The van der Waals surface area contributed by atoms with Crippen LogP contribution in [0.4, 0.5) is 0 Å². The van der Waals surface area contributed by atoms with Crippen molar-refractivity contribution in [3.63, 3.8) is 0 Å². The third-order valence-corrected chi connectivity index (χ3v) is 4.46. The van der Waals surface area contributed by atoms with Crippen molar-refractivity contribution < 1.29 is 18.8 Å². The molecule has 8 heteroatoms. The lowest BCUT2D eigenvalue weighted by atomic mass is 10.1. The van der Waals surface area contributed by atoms with E-state index in [1.54, 1.807) is 17.0 Å². The van der Waals surface area contributed by atoms with Crippen LogP contribution in [0.15, 0.2) is 47.1 Å². The summed E-state index contributed by atoms with van der Waals surface area (Å²) in [6.07, 6.45) is 1.45. The van der Waals surface area contributed by atoms with Crippen LogP contribution in [-0.4, -0.2) is 53.7 Å². The molecule has 0 spiro atoms. The molecular formula is C19H22N4O4. The Kier molecular flexibility index (Phi) is 5.87. The normalized spacial score (nSPS) is 14.1. The Balaban J connectivity index is 1.48. The quantitative estimate of drug-likeness (QED) is 0.755. The molecule has 1 aromatic heterocycles. The van der Waals surface area contributed by atoms with Crippen LogP contribution >= 0.6 is 0 Å². The van der Waals surface area contributed by atoms with Crippen molar-refractivity contribution in [3.8, 4) is 0 Å². The molecule has 2 heterocycles. The molecule has 3 rings (SSSR count). The van der Waals surface area contributed by atoms with E-state index in [0.29, 0.717) is 32.7 Å². The zero-order valence-electron chi connectivity index (χ0n) is 14.9. The number of amides is 3. The number of carbonyl (C=O) groups is 3. The maximum Gasteiger partial charge on any atom is 0.312 e. The van der Waals surface area contributed by atoms with Crippen LogP contribution in [0.2, 0.25) is 0 Å². The molecule has 0 bridgehead atoms. The van der Waals surface area contributed by atoms with Crippen molar-refractivity contribution in [2.75, 3.05) is 26.2 Å². The molecule has 27 heavy (non-hydrogen) atoms. The summed E-state index contributed by atoms with van der Waals surface area (Å²) in [5.74, 6) is -1.18. The van der Waals surface area contributed by atoms with Crippen LogP contribution in [0.3, 0.4) is 0 Å². The van der Waals surface area contributed by atoms with Gasteiger partial charge in [-0.2, -0.15) is 0 Å². The van der Waals surface area contributed by atoms with Gasteiger partial charge in [-0.15, -0.1) is 0 Å². The number of nitrogens with two attached hydrogens (primary N) is 1.